The first-order chi connectivity index (χ1) is 8.17. The van der Waals surface area contributed by atoms with Crippen LogP contribution < -0.4 is 5.32 Å². The van der Waals surface area contributed by atoms with Crippen molar-refractivity contribution in [3.05, 3.63) is 35.4 Å². The molecule has 0 bridgehead atoms. The quantitative estimate of drug-likeness (QED) is 0.845. The van der Waals surface area contributed by atoms with Crippen LogP contribution in [0.15, 0.2) is 24.3 Å². The fourth-order valence-corrected chi connectivity index (χ4v) is 1.53. The first-order valence-corrected chi connectivity index (χ1v) is 5.89. The van der Waals surface area contributed by atoms with Crippen LogP contribution in [0.25, 0.3) is 0 Å². The van der Waals surface area contributed by atoms with Gasteiger partial charge in [0.15, 0.2) is 0 Å². The van der Waals surface area contributed by atoms with E-state index in [4.69, 9.17) is 5.26 Å². The SMILES string of the molecule is CCC(C)c1ccc(CNC(=O)CC#N)cc1. The number of nitrogens with zero attached hydrogens (tertiary/aromatic N) is 1. The van der Waals surface area contributed by atoms with Crippen molar-refractivity contribution in [2.24, 2.45) is 0 Å². The van der Waals surface area contributed by atoms with Gasteiger partial charge in [0.05, 0.1) is 6.07 Å². The summed E-state index contributed by atoms with van der Waals surface area (Å²) in [7, 11) is 0. The van der Waals surface area contributed by atoms with Crippen molar-refractivity contribution < 1.29 is 4.79 Å². The predicted octanol–water partition coefficient (Wildman–Crippen LogP) is 2.73. The van der Waals surface area contributed by atoms with E-state index in [0.29, 0.717) is 12.5 Å². The number of hydrogen-bond donors (Lipinski definition) is 1. The van der Waals surface area contributed by atoms with Gasteiger partial charge in [-0.15, -0.1) is 0 Å². The van der Waals surface area contributed by atoms with Gasteiger partial charge in [-0.05, 0) is 23.5 Å². The molecule has 1 rings (SSSR count). The highest BCUT2D eigenvalue weighted by Gasteiger charge is 2.03. The molecule has 0 fully saturated rings. The summed E-state index contributed by atoms with van der Waals surface area (Å²) in [6.07, 6.45) is 1.04. The molecule has 1 amide bonds. The fraction of sp³-hybridized carbons (Fsp3) is 0.429. The van der Waals surface area contributed by atoms with E-state index < -0.39 is 0 Å². The van der Waals surface area contributed by atoms with Crippen LogP contribution in [0, 0.1) is 11.3 Å². The normalized spacial score (nSPS) is 11.6. The topological polar surface area (TPSA) is 52.9 Å². The number of rotatable bonds is 5. The van der Waals surface area contributed by atoms with E-state index in [1.807, 2.05) is 18.2 Å². The van der Waals surface area contributed by atoms with E-state index in [-0.39, 0.29) is 12.3 Å². The van der Waals surface area contributed by atoms with E-state index in [0.717, 1.165) is 12.0 Å². The average Bonchev–Trinajstić information content (AvgIpc) is 2.36. The molecule has 90 valence electrons. The molecule has 1 atom stereocenters. The third-order valence-corrected chi connectivity index (χ3v) is 2.89. The van der Waals surface area contributed by atoms with Crippen molar-refractivity contribution in [1.29, 1.82) is 5.26 Å². The van der Waals surface area contributed by atoms with Gasteiger partial charge in [0.25, 0.3) is 0 Å². The Morgan fingerprint density at radius 3 is 2.59 bits per heavy atom. The van der Waals surface area contributed by atoms with Crippen LogP contribution in [0.4, 0.5) is 0 Å². The fourth-order valence-electron chi connectivity index (χ4n) is 1.53. The van der Waals surface area contributed by atoms with Gasteiger partial charge in [0.1, 0.15) is 6.42 Å². The second kappa shape index (κ2) is 6.70. The lowest BCUT2D eigenvalue weighted by molar-refractivity contribution is -0.120. The number of amides is 1. The molecule has 0 aliphatic rings. The predicted molar refractivity (Wildman–Crippen MR) is 67.2 cm³/mol. The van der Waals surface area contributed by atoms with Crippen LogP contribution in [-0.2, 0) is 11.3 Å². The minimum atomic E-state index is -0.224. The maximum atomic E-state index is 11.1. The zero-order valence-electron chi connectivity index (χ0n) is 10.4. The summed E-state index contributed by atoms with van der Waals surface area (Å²) in [5, 5.41) is 11.0. The summed E-state index contributed by atoms with van der Waals surface area (Å²) in [6.45, 7) is 4.85. The van der Waals surface area contributed by atoms with Crippen LogP contribution in [0.5, 0.6) is 0 Å². The van der Waals surface area contributed by atoms with Crippen molar-refractivity contribution >= 4 is 5.91 Å². The lowest BCUT2D eigenvalue weighted by atomic mass is 9.98. The molecular formula is C14H18N2O. The van der Waals surface area contributed by atoms with E-state index >= 15 is 0 Å². The van der Waals surface area contributed by atoms with Gasteiger partial charge in [-0.25, -0.2) is 0 Å². The molecule has 3 nitrogen and oxygen atoms in total. The largest absolute Gasteiger partial charge is 0.351 e. The molecular weight excluding hydrogens is 212 g/mol. The van der Waals surface area contributed by atoms with Gasteiger partial charge in [0, 0.05) is 6.54 Å². The van der Waals surface area contributed by atoms with Crippen LogP contribution in [0.1, 0.15) is 43.7 Å². The summed E-state index contributed by atoms with van der Waals surface area (Å²) < 4.78 is 0. The number of benzene rings is 1. The number of carbonyl (C=O) groups is 1. The Bertz CT molecular complexity index is 403. The molecule has 1 unspecified atom stereocenters. The number of nitriles is 1. The van der Waals surface area contributed by atoms with Crippen LogP contribution in [-0.4, -0.2) is 5.91 Å². The molecule has 0 aliphatic heterocycles. The summed E-state index contributed by atoms with van der Waals surface area (Å²) in [6, 6.07) is 10.1. The maximum Gasteiger partial charge on any atom is 0.234 e. The first-order valence-electron chi connectivity index (χ1n) is 5.89. The molecule has 0 heterocycles. The molecule has 0 spiro atoms. The molecule has 1 N–H and O–H groups in total. The molecule has 0 aromatic heterocycles. The van der Waals surface area contributed by atoms with Crippen LogP contribution in [0.3, 0.4) is 0 Å². The second-order valence-electron chi connectivity index (χ2n) is 4.16. The highest BCUT2D eigenvalue weighted by Crippen LogP contribution is 2.18. The number of nitrogens with one attached hydrogen (secondary N) is 1. The van der Waals surface area contributed by atoms with Gasteiger partial charge >= 0.3 is 0 Å². The van der Waals surface area contributed by atoms with E-state index in [1.165, 1.54) is 5.56 Å². The summed E-state index contributed by atoms with van der Waals surface area (Å²) in [5.74, 6) is 0.343. The van der Waals surface area contributed by atoms with Gasteiger partial charge in [-0.2, -0.15) is 5.26 Å². The summed E-state index contributed by atoms with van der Waals surface area (Å²) in [5.41, 5.74) is 2.38. The molecule has 1 aromatic rings. The molecule has 0 aliphatic carbocycles. The molecule has 0 saturated heterocycles. The zero-order chi connectivity index (χ0) is 12.7. The minimum Gasteiger partial charge on any atom is -0.351 e. The van der Waals surface area contributed by atoms with E-state index in [1.54, 1.807) is 0 Å². The lowest BCUT2D eigenvalue weighted by Crippen LogP contribution is -2.21. The smallest absolute Gasteiger partial charge is 0.234 e. The Balaban J connectivity index is 2.51. The molecule has 1 aromatic carbocycles. The van der Waals surface area contributed by atoms with Gasteiger partial charge in [-0.3, -0.25) is 4.79 Å². The second-order valence-corrected chi connectivity index (χ2v) is 4.16. The van der Waals surface area contributed by atoms with Crippen LogP contribution >= 0.6 is 0 Å². The van der Waals surface area contributed by atoms with Gasteiger partial charge in [-0.1, -0.05) is 38.1 Å². The van der Waals surface area contributed by atoms with E-state index in [9.17, 15) is 4.79 Å². The van der Waals surface area contributed by atoms with Crippen molar-refractivity contribution in [3.63, 3.8) is 0 Å². The molecule has 3 heteroatoms. The van der Waals surface area contributed by atoms with Crippen molar-refractivity contribution in [2.75, 3.05) is 0 Å². The Labute approximate surface area is 102 Å². The third kappa shape index (κ3) is 4.28. The van der Waals surface area contributed by atoms with Gasteiger partial charge in [0.2, 0.25) is 5.91 Å². The highest BCUT2D eigenvalue weighted by atomic mass is 16.1. The van der Waals surface area contributed by atoms with Crippen molar-refractivity contribution in [1.82, 2.24) is 5.32 Å². The van der Waals surface area contributed by atoms with Gasteiger partial charge < -0.3 is 5.32 Å². The van der Waals surface area contributed by atoms with Crippen molar-refractivity contribution in [2.45, 2.75) is 39.2 Å². The van der Waals surface area contributed by atoms with Crippen LogP contribution in [0.2, 0.25) is 0 Å². The van der Waals surface area contributed by atoms with E-state index in [2.05, 4.69) is 31.3 Å². The number of hydrogen-bond acceptors (Lipinski definition) is 2. The standard InChI is InChI=1S/C14H18N2O/c1-3-11(2)13-6-4-12(5-7-13)10-16-14(17)8-9-15/h4-7,11H,3,8,10H2,1-2H3,(H,16,17). The number of carbonyl (C=O) groups excluding carboxylic acids is 1. The highest BCUT2D eigenvalue weighted by molar-refractivity contribution is 5.77. The Morgan fingerprint density at radius 1 is 1.41 bits per heavy atom. The zero-order valence-corrected chi connectivity index (χ0v) is 10.4. The Hall–Kier alpha value is -1.82. The first kappa shape index (κ1) is 13.2. The summed E-state index contributed by atoms with van der Waals surface area (Å²) in [4.78, 5) is 11.1. The Kier molecular flexibility index (Phi) is 5.22. The summed E-state index contributed by atoms with van der Waals surface area (Å²) >= 11 is 0. The Morgan fingerprint density at radius 2 is 2.06 bits per heavy atom. The molecule has 0 saturated carbocycles. The molecule has 0 radical (unpaired) electrons. The molecule has 17 heavy (non-hydrogen) atoms. The third-order valence-electron chi connectivity index (χ3n) is 2.89. The minimum absolute atomic E-state index is 0.0784. The van der Waals surface area contributed by atoms with Crippen molar-refractivity contribution in [3.8, 4) is 6.07 Å². The maximum absolute atomic E-state index is 11.1. The monoisotopic (exact) mass is 230 g/mol. The average molecular weight is 230 g/mol. The lowest BCUT2D eigenvalue weighted by Gasteiger charge is -2.10.